The van der Waals surface area contributed by atoms with Gasteiger partial charge in [0.25, 0.3) is 15.9 Å². The number of nitrogens with zero attached hydrogens (tertiary/aromatic N) is 1. The number of sulfonamides is 1. The van der Waals surface area contributed by atoms with E-state index in [0.29, 0.717) is 10.6 Å². The summed E-state index contributed by atoms with van der Waals surface area (Å²) in [7, 11) is -3.76. The van der Waals surface area contributed by atoms with E-state index in [2.05, 4.69) is 15.2 Å². The van der Waals surface area contributed by atoms with Gasteiger partial charge in [0.15, 0.2) is 0 Å². The highest BCUT2D eigenvalue weighted by molar-refractivity contribution is 7.94. The van der Waals surface area contributed by atoms with E-state index in [0.717, 1.165) is 11.3 Å². The van der Waals surface area contributed by atoms with Gasteiger partial charge in [-0.05, 0) is 29.6 Å². The zero-order valence-electron chi connectivity index (χ0n) is 13.8. The quantitative estimate of drug-likeness (QED) is 0.468. The smallest absolute Gasteiger partial charge is 0.273 e. The van der Waals surface area contributed by atoms with Gasteiger partial charge in [0, 0.05) is 10.6 Å². The molecule has 6 nitrogen and oxygen atoms in total. The van der Waals surface area contributed by atoms with Crippen molar-refractivity contribution in [3.63, 3.8) is 0 Å². The topological polar surface area (TPSA) is 87.6 Å². The maximum atomic E-state index is 12.4. The van der Waals surface area contributed by atoms with Crippen molar-refractivity contribution in [2.24, 2.45) is 5.10 Å². The Bertz CT molecular complexity index is 1080. The number of para-hydroxylation sites is 1. The Labute approximate surface area is 165 Å². The molecular formula is C18H14ClN3O3S2. The second-order valence-corrected chi connectivity index (χ2v) is 8.57. The van der Waals surface area contributed by atoms with Crippen molar-refractivity contribution in [3.8, 4) is 0 Å². The number of carbonyl (C=O) groups excluding carboxylic acids is 1. The normalized spacial score (nSPS) is 11.4. The molecule has 3 rings (SSSR count). The van der Waals surface area contributed by atoms with Crippen molar-refractivity contribution in [3.05, 3.63) is 82.2 Å². The number of hydrogen-bond donors (Lipinski definition) is 2. The van der Waals surface area contributed by atoms with E-state index in [1.807, 2.05) is 0 Å². The summed E-state index contributed by atoms with van der Waals surface area (Å²) in [6.07, 6.45) is 1.42. The summed E-state index contributed by atoms with van der Waals surface area (Å²) < 4.78 is 27.4. The highest BCUT2D eigenvalue weighted by atomic mass is 35.5. The number of rotatable bonds is 6. The fourth-order valence-corrected chi connectivity index (χ4v) is 4.44. The molecule has 0 unspecified atom stereocenters. The van der Waals surface area contributed by atoms with Crippen molar-refractivity contribution in [1.29, 1.82) is 0 Å². The standard InChI is InChI=1S/C18H14ClN3O3S2/c19-15-8-3-1-6-13(15)12-20-21-18(23)14-7-2-4-9-16(14)22-27(24,25)17-10-5-11-26-17/h1-12,22H,(H,21,23)/b20-12-. The molecule has 0 atom stereocenters. The summed E-state index contributed by atoms with van der Waals surface area (Å²) >= 11 is 7.11. The number of thiophene rings is 1. The molecule has 0 bridgehead atoms. The van der Waals surface area contributed by atoms with Crippen molar-refractivity contribution in [2.45, 2.75) is 4.21 Å². The lowest BCUT2D eigenvalue weighted by atomic mass is 10.2. The predicted octanol–water partition coefficient (Wildman–Crippen LogP) is 3.97. The van der Waals surface area contributed by atoms with Crippen LogP contribution in [0.25, 0.3) is 0 Å². The summed E-state index contributed by atoms with van der Waals surface area (Å²) in [5, 5.41) is 6.05. The molecule has 1 amide bonds. The molecule has 0 saturated carbocycles. The number of nitrogens with one attached hydrogen (secondary N) is 2. The molecule has 1 heterocycles. The fraction of sp³-hybridized carbons (Fsp3) is 0. The highest BCUT2D eigenvalue weighted by Crippen LogP contribution is 2.22. The Morgan fingerprint density at radius 1 is 1.04 bits per heavy atom. The summed E-state index contributed by atoms with van der Waals surface area (Å²) in [5.41, 5.74) is 3.33. The maximum absolute atomic E-state index is 12.4. The van der Waals surface area contributed by atoms with Gasteiger partial charge >= 0.3 is 0 Å². The Hall–Kier alpha value is -2.68. The molecule has 9 heteroatoms. The van der Waals surface area contributed by atoms with Gasteiger partial charge in [-0.15, -0.1) is 11.3 Å². The number of carbonyl (C=O) groups is 1. The van der Waals surface area contributed by atoms with E-state index >= 15 is 0 Å². The van der Waals surface area contributed by atoms with Gasteiger partial charge < -0.3 is 0 Å². The zero-order chi connectivity index (χ0) is 19.3. The third kappa shape index (κ3) is 4.73. The minimum Gasteiger partial charge on any atom is -0.278 e. The Balaban J connectivity index is 1.77. The van der Waals surface area contributed by atoms with Crippen LogP contribution in [0, 0.1) is 0 Å². The van der Waals surface area contributed by atoms with Gasteiger partial charge in [0.1, 0.15) is 4.21 Å². The van der Waals surface area contributed by atoms with Crippen LogP contribution in [0.2, 0.25) is 5.02 Å². The molecule has 27 heavy (non-hydrogen) atoms. The molecular weight excluding hydrogens is 406 g/mol. The van der Waals surface area contributed by atoms with E-state index < -0.39 is 15.9 Å². The van der Waals surface area contributed by atoms with Crippen LogP contribution in [-0.2, 0) is 10.0 Å². The molecule has 0 fully saturated rings. The van der Waals surface area contributed by atoms with Crippen LogP contribution in [0.15, 0.2) is 75.4 Å². The molecule has 0 radical (unpaired) electrons. The number of hydrogen-bond acceptors (Lipinski definition) is 5. The average Bonchev–Trinajstić information content (AvgIpc) is 3.19. The van der Waals surface area contributed by atoms with Crippen LogP contribution in [0.1, 0.15) is 15.9 Å². The van der Waals surface area contributed by atoms with Crippen molar-refractivity contribution in [1.82, 2.24) is 5.43 Å². The molecule has 0 aliphatic carbocycles. The number of amides is 1. The molecule has 3 aromatic rings. The Morgan fingerprint density at radius 3 is 2.52 bits per heavy atom. The molecule has 138 valence electrons. The molecule has 0 saturated heterocycles. The number of anilines is 1. The van der Waals surface area contributed by atoms with Gasteiger partial charge in [-0.1, -0.05) is 48.0 Å². The van der Waals surface area contributed by atoms with Gasteiger partial charge in [0.2, 0.25) is 0 Å². The van der Waals surface area contributed by atoms with E-state index in [4.69, 9.17) is 11.6 Å². The third-order valence-corrected chi connectivity index (χ3v) is 6.56. The summed E-state index contributed by atoms with van der Waals surface area (Å²) in [6.45, 7) is 0. The van der Waals surface area contributed by atoms with Crippen LogP contribution >= 0.6 is 22.9 Å². The van der Waals surface area contributed by atoms with Crippen molar-refractivity contribution < 1.29 is 13.2 Å². The lowest BCUT2D eigenvalue weighted by Gasteiger charge is -2.10. The first kappa shape index (κ1) is 19.1. The van der Waals surface area contributed by atoms with Crippen LogP contribution in [0.3, 0.4) is 0 Å². The Kier molecular flexibility index (Phi) is 5.90. The van der Waals surface area contributed by atoms with Crippen LogP contribution < -0.4 is 10.1 Å². The first-order chi connectivity index (χ1) is 13.0. The largest absolute Gasteiger partial charge is 0.278 e. The second kappa shape index (κ2) is 8.34. The number of hydrazone groups is 1. The zero-order valence-corrected chi connectivity index (χ0v) is 16.2. The Morgan fingerprint density at radius 2 is 1.78 bits per heavy atom. The molecule has 2 aromatic carbocycles. The third-order valence-electron chi connectivity index (χ3n) is 3.45. The number of benzene rings is 2. The van der Waals surface area contributed by atoms with Crippen LogP contribution in [0.4, 0.5) is 5.69 Å². The predicted molar refractivity (Wildman–Crippen MR) is 108 cm³/mol. The summed E-state index contributed by atoms with van der Waals surface area (Å²) in [6, 6.07) is 16.5. The van der Waals surface area contributed by atoms with E-state index in [9.17, 15) is 13.2 Å². The van der Waals surface area contributed by atoms with Crippen LogP contribution in [-0.4, -0.2) is 20.5 Å². The van der Waals surface area contributed by atoms with Gasteiger partial charge in [-0.25, -0.2) is 13.8 Å². The van der Waals surface area contributed by atoms with Gasteiger partial charge in [0.05, 0.1) is 17.5 Å². The molecule has 0 spiro atoms. The SMILES string of the molecule is O=C(N/N=C\c1ccccc1Cl)c1ccccc1NS(=O)(=O)c1cccs1. The minimum absolute atomic E-state index is 0.147. The van der Waals surface area contributed by atoms with Gasteiger partial charge in [-0.2, -0.15) is 5.10 Å². The number of halogens is 1. The monoisotopic (exact) mass is 419 g/mol. The van der Waals surface area contributed by atoms with E-state index in [1.165, 1.54) is 24.4 Å². The minimum atomic E-state index is -3.76. The highest BCUT2D eigenvalue weighted by Gasteiger charge is 2.19. The lowest BCUT2D eigenvalue weighted by Crippen LogP contribution is -2.21. The molecule has 2 N–H and O–H groups in total. The first-order valence-corrected chi connectivity index (χ1v) is 10.4. The van der Waals surface area contributed by atoms with E-state index in [-0.39, 0.29) is 15.5 Å². The van der Waals surface area contributed by atoms with E-state index in [1.54, 1.807) is 47.8 Å². The fourth-order valence-electron chi connectivity index (χ4n) is 2.18. The molecule has 0 aliphatic heterocycles. The summed E-state index contributed by atoms with van der Waals surface area (Å²) in [4.78, 5) is 12.4. The molecule has 0 aliphatic rings. The van der Waals surface area contributed by atoms with Crippen molar-refractivity contribution in [2.75, 3.05) is 4.72 Å². The second-order valence-electron chi connectivity index (χ2n) is 5.30. The maximum Gasteiger partial charge on any atom is 0.273 e. The lowest BCUT2D eigenvalue weighted by molar-refractivity contribution is 0.0956. The first-order valence-electron chi connectivity index (χ1n) is 7.71. The average molecular weight is 420 g/mol. The van der Waals surface area contributed by atoms with Crippen molar-refractivity contribution >= 4 is 50.8 Å². The molecule has 1 aromatic heterocycles. The van der Waals surface area contributed by atoms with Gasteiger partial charge in [-0.3, -0.25) is 9.52 Å². The summed E-state index contributed by atoms with van der Waals surface area (Å²) in [5.74, 6) is -0.553. The van der Waals surface area contributed by atoms with Crippen LogP contribution in [0.5, 0.6) is 0 Å².